The first-order chi connectivity index (χ1) is 12.3. The third-order valence-electron chi connectivity index (χ3n) is 5.33. The molecule has 140 valence electrons. The van der Waals surface area contributed by atoms with Crippen molar-refractivity contribution >= 4 is 35.3 Å². The molecule has 2 heterocycles. The largest absolute Gasteiger partial charge is 0.469 e. The molecule has 0 N–H and O–H groups in total. The van der Waals surface area contributed by atoms with E-state index in [1.165, 1.54) is 14.2 Å². The van der Waals surface area contributed by atoms with Gasteiger partial charge in [-0.05, 0) is 31.5 Å². The van der Waals surface area contributed by atoms with E-state index in [0.29, 0.717) is 10.6 Å². The lowest BCUT2D eigenvalue weighted by molar-refractivity contribution is -0.150. The molecule has 5 nitrogen and oxygen atoms in total. The van der Waals surface area contributed by atoms with E-state index in [2.05, 4.69) is 4.90 Å². The Morgan fingerprint density at radius 2 is 2.04 bits per heavy atom. The molecule has 3 unspecified atom stereocenters. The van der Waals surface area contributed by atoms with E-state index in [9.17, 15) is 9.59 Å². The molecule has 3 rings (SSSR count). The Kier molecular flexibility index (Phi) is 5.26. The van der Waals surface area contributed by atoms with Gasteiger partial charge in [0.2, 0.25) is 0 Å². The van der Waals surface area contributed by atoms with Gasteiger partial charge in [-0.1, -0.05) is 23.7 Å². The summed E-state index contributed by atoms with van der Waals surface area (Å²) < 4.78 is 10.2. The Morgan fingerprint density at radius 1 is 1.31 bits per heavy atom. The number of carbonyl (C=O) groups is 2. The normalized spacial score (nSPS) is 28.0. The summed E-state index contributed by atoms with van der Waals surface area (Å²) in [5.41, 5.74) is 2.14. The van der Waals surface area contributed by atoms with E-state index in [1.54, 1.807) is 23.9 Å². The molecule has 0 radical (unpaired) electrons. The molecule has 3 atom stereocenters. The molecular formula is C19H22ClNO4S. The zero-order chi connectivity index (χ0) is 19.1. The monoisotopic (exact) mass is 395 g/mol. The maximum atomic E-state index is 12.9. The van der Waals surface area contributed by atoms with Crippen molar-refractivity contribution in [3.63, 3.8) is 0 Å². The summed E-state index contributed by atoms with van der Waals surface area (Å²) in [7, 11) is 2.74. The van der Waals surface area contributed by atoms with Crippen molar-refractivity contribution in [3.8, 4) is 0 Å². The van der Waals surface area contributed by atoms with Gasteiger partial charge < -0.3 is 14.4 Å². The number of thioether (sulfide) groups is 1. The summed E-state index contributed by atoms with van der Waals surface area (Å²) in [6.07, 6.45) is 0. The maximum absolute atomic E-state index is 12.9. The average molecular weight is 396 g/mol. The number of rotatable bonds is 3. The van der Waals surface area contributed by atoms with Crippen LogP contribution in [0.15, 0.2) is 35.5 Å². The number of hydrogen-bond donors (Lipinski definition) is 0. The van der Waals surface area contributed by atoms with Crippen LogP contribution in [0.5, 0.6) is 0 Å². The van der Waals surface area contributed by atoms with Crippen LogP contribution >= 0.6 is 23.4 Å². The van der Waals surface area contributed by atoms with Gasteiger partial charge in [0.1, 0.15) is 5.92 Å². The third-order valence-corrected chi connectivity index (χ3v) is 7.01. The molecule has 1 fully saturated rings. The van der Waals surface area contributed by atoms with Crippen LogP contribution in [0, 0.1) is 5.92 Å². The van der Waals surface area contributed by atoms with Crippen LogP contribution in [0.3, 0.4) is 0 Å². The van der Waals surface area contributed by atoms with E-state index >= 15 is 0 Å². The molecule has 0 saturated carbocycles. The predicted molar refractivity (Wildman–Crippen MR) is 102 cm³/mol. The maximum Gasteiger partial charge on any atom is 0.336 e. The first kappa shape index (κ1) is 19.1. The molecule has 26 heavy (non-hydrogen) atoms. The van der Waals surface area contributed by atoms with E-state index < -0.39 is 22.7 Å². The van der Waals surface area contributed by atoms with Crippen LogP contribution < -0.4 is 0 Å². The second-order valence-corrected chi connectivity index (χ2v) is 8.54. The number of methoxy groups -OCH3 is 2. The Balaban J connectivity index is 2.28. The Labute approximate surface area is 162 Å². The Morgan fingerprint density at radius 3 is 2.65 bits per heavy atom. The van der Waals surface area contributed by atoms with E-state index in [-0.39, 0.29) is 5.97 Å². The summed E-state index contributed by atoms with van der Waals surface area (Å²) in [4.78, 5) is 27.2. The highest BCUT2D eigenvalue weighted by molar-refractivity contribution is 8.00. The fraction of sp³-hybridized carbons (Fsp3) is 0.474. The zero-order valence-corrected chi connectivity index (χ0v) is 16.8. The molecule has 1 saturated heterocycles. The van der Waals surface area contributed by atoms with Gasteiger partial charge in [0.25, 0.3) is 0 Å². The van der Waals surface area contributed by atoms with Gasteiger partial charge in [0.05, 0.1) is 24.7 Å². The SMILES string of the molecule is COC(=O)C1=C(C)N2CCSC2(C)C(C(=O)OC)C1c1cccc(Cl)c1. The topological polar surface area (TPSA) is 55.8 Å². The molecule has 1 aromatic rings. The second-order valence-electron chi connectivity index (χ2n) is 6.58. The molecule has 0 bridgehead atoms. The quantitative estimate of drug-likeness (QED) is 0.731. The molecule has 1 aromatic carbocycles. The summed E-state index contributed by atoms with van der Waals surface area (Å²) in [5, 5.41) is 0.555. The average Bonchev–Trinajstić information content (AvgIpc) is 3.03. The van der Waals surface area contributed by atoms with Gasteiger partial charge in [0, 0.05) is 28.9 Å². The van der Waals surface area contributed by atoms with Crippen molar-refractivity contribution in [1.82, 2.24) is 4.90 Å². The number of fused-ring (bicyclic) bond motifs is 1. The van der Waals surface area contributed by atoms with Crippen molar-refractivity contribution in [2.24, 2.45) is 5.92 Å². The predicted octanol–water partition coefficient (Wildman–Crippen LogP) is 3.44. The number of carbonyl (C=O) groups excluding carboxylic acids is 2. The van der Waals surface area contributed by atoms with Crippen molar-refractivity contribution in [2.45, 2.75) is 24.6 Å². The van der Waals surface area contributed by atoms with Gasteiger partial charge in [-0.15, -0.1) is 11.8 Å². The first-order valence-electron chi connectivity index (χ1n) is 8.39. The lowest BCUT2D eigenvalue weighted by atomic mass is 9.72. The summed E-state index contributed by atoms with van der Waals surface area (Å²) in [6.45, 7) is 4.73. The number of halogens is 1. The van der Waals surface area contributed by atoms with Gasteiger partial charge in [-0.25, -0.2) is 4.79 Å². The molecule has 0 aromatic heterocycles. The molecular weight excluding hydrogens is 374 g/mol. The lowest BCUT2D eigenvalue weighted by Crippen LogP contribution is -2.55. The standard InChI is InChI=1S/C19H22ClNO4S/c1-11-14(17(22)24-3)15(12-6-5-7-13(20)10-12)16(18(23)25-4)19(2)21(11)8-9-26-19/h5-7,10,15-16H,8-9H2,1-4H3. The number of allylic oxidation sites excluding steroid dienone is 1. The lowest BCUT2D eigenvalue weighted by Gasteiger charge is -2.49. The van der Waals surface area contributed by atoms with Gasteiger partial charge >= 0.3 is 11.9 Å². The fourth-order valence-corrected chi connectivity index (χ4v) is 5.86. The van der Waals surface area contributed by atoms with Crippen LogP contribution in [-0.4, -0.2) is 48.2 Å². The van der Waals surface area contributed by atoms with Gasteiger partial charge in [-0.2, -0.15) is 0 Å². The van der Waals surface area contributed by atoms with Crippen LogP contribution in [0.2, 0.25) is 5.02 Å². The third kappa shape index (κ3) is 2.89. The smallest absolute Gasteiger partial charge is 0.336 e. The van der Waals surface area contributed by atoms with Crippen molar-refractivity contribution in [1.29, 1.82) is 0 Å². The molecule has 0 spiro atoms. The molecule has 2 aliphatic heterocycles. The minimum Gasteiger partial charge on any atom is -0.469 e. The fourth-order valence-electron chi connectivity index (χ4n) is 4.17. The summed E-state index contributed by atoms with van der Waals surface area (Å²) in [6, 6.07) is 7.29. The van der Waals surface area contributed by atoms with E-state index in [1.807, 2.05) is 26.0 Å². The summed E-state index contributed by atoms with van der Waals surface area (Å²) in [5.74, 6) is -0.944. The first-order valence-corrected chi connectivity index (χ1v) is 9.75. The van der Waals surface area contributed by atoms with Crippen molar-refractivity contribution in [2.75, 3.05) is 26.5 Å². The zero-order valence-electron chi connectivity index (χ0n) is 15.2. The number of hydrogen-bond acceptors (Lipinski definition) is 6. The van der Waals surface area contributed by atoms with Crippen LogP contribution in [0.1, 0.15) is 25.3 Å². The number of benzene rings is 1. The van der Waals surface area contributed by atoms with E-state index in [0.717, 1.165) is 23.6 Å². The Hall–Kier alpha value is -1.66. The number of esters is 2. The molecule has 2 aliphatic rings. The highest BCUT2D eigenvalue weighted by Crippen LogP contribution is 2.55. The highest BCUT2D eigenvalue weighted by Gasteiger charge is 2.57. The second kappa shape index (κ2) is 7.16. The summed E-state index contributed by atoms with van der Waals surface area (Å²) >= 11 is 7.92. The Bertz CT molecular complexity index is 781. The van der Waals surface area contributed by atoms with Crippen LogP contribution in [0.25, 0.3) is 0 Å². The number of ether oxygens (including phenoxy) is 2. The minimum absolute atomic E-state index is 0.342. The number of nitrogens with zero attached hydrogens (tertiary/aromatic N) is 1. The molecule has 0 amide bonds. The van der Waals surface area contributed by atoms with E-state index in [4.69, 9.17) is 21.1 Å². The van der Waals surface area contributed by atoms with Gasteiger partial charge in [-0.3, -0.25) is 4.79 Å². The van der Waals surface area contributed by atoms with Crippen molar-refractivity contribution < 1.29 is 19.1 Å². The highest BCUT2D eigenvalue weighted by atomic mass is 35.5. The molecule has 7 heteroatoms. The minimum atomic E-state index is -0.559. The van der Waals surface area contributed by atoms with Crippen molar-refractivity contribution in [3.05, 3.63) is 46.1 Å². The van der Waals surface area contributed by atoms with Crippen LogP contribution in [-0.2, 0) is 19.1 Å². The van der Waals surface area contributed by atoms with Crippen LogP contribution in [0.4, 0.5) is 0 Å². The van der Waals surface area contributed by atoms with Gasteiger partial charge in [0.15, 0.2) is 0 Å². The molecule has 0 aliphatic carbocycles.